The average molecular weight is 272 g/mol. The summed E-state index contributed by atoms with van der Waals surface area (Å²) in [6.07, 6.45) is 4.34. The number of hydrogen-bond donors (Lipinski definition) is 0. The first-order valence-electron chi connectivity index (χ1n) is 7.51. The molecule has 3 nitrogen and oxygen atoms in total. The predicted molar refractivity (Wildman–Crippen MR) is 80.9 cm³/mol. The van der Waals surface area contributed by atoms with Crippen molar-refractivity contribution in [1.82, 2.24) is 4.90 Å². The van der Waals surface area contributed by atoms with Gasteiger partial charge in [-0.05, 0) is 63.0 Å². The Bertz CT molecular complexity index is 452. The minimum atomic E-state index is 0.223. The molecular weight excluding hydrogens is 248 g/mol. The van der Waals surface area contributed by atoms with Gasteiger partial charge in [0, 0.05) is 0 Å². The fraction of sp³-hybridized carbons (Fsp3) is 0.588. The Kier molecular flexibility index (Phi) is 5.43. The molecule has 1 aliphatic rings. The monoisotopic (exact) mass is 272 g/mol. The molecule has 0 aromatic heterocycles. The van der Waals surface area contributed by atoms with E-state index in [1.165, 1.54) is 30.4 Å². The highest BCUT2D eigenvalue weighted by atomic mass is 16.5. The smallest absolute Gasteiger partial charge is 0.119 e. The Morgan fingerprint density at radius 1 is 1.15 bits per heavy atom. The standard InChI is InChI=1S/C17H24N2O/c1-14-10-15(2)12-17(11-14)20-13-16(6-7-18)19-8-4-3-5-9-19/h10-12,16H,3-6,8-9,13H2,1-2H3. The van der Waals surface area contributed by atoms with Gasteiger partial charge >= 0.3 is 0 Å². The number of ether oxygens (including phenoxy) is 1. The highest BCUT2D eigenvalue weighted by molar-refractivity contribution is 5.33. The molecule has 0 bridgehead atoms. The van der Waals surface area contributed by atoms with E-state index in [0.29, 0.717) is 13.0 Å². The van der Waals surface area contributed by atoms with Gasteiger partial charge < -0.3 is 4.74 Å². The second kappa shape index (κ2) is 7.31. The average Bonchev–Trinajstić information content (AvgIpc) is 2.43. The maximum Gasteiger partial charge on any atom is 0.119 e. The first-order chi connectivity index (χ1) is 9.69. The zero-order valence-corrected chi connectivity index (χ0v) is 12.6. The summed E-state index contributed by atoms with van der Waals surface area (Å²) in [5.41, 5.74) is 2.43. The zero-order valence-electron chi connectivity index (χ0n) is 12.6. The highest BCUT2D eigenvalue weighted by Gasteiger charge is 2.21. The first-order valence-corrected chi connectivity index (χ1v) is 7.51. The lowest BCUT2D eigenvalue weighted by molar-refractivity contribution is 0.116. The van der Waals surface area contributed by atoms with E-state index in [9.17, 15) is 0 Å². The predicted octanol–water partition coefficient (Wildman–Crippen LogP) is 3.45. The second-order valence-corrected chi connectivity index (χ2v) is 5.75. The molecule has 20 heavy (non-hydrogen) atoms. The third-order valence-corrected chi connectivity index (χ3v) is 3.87. The molecule has 0 N–H and O–H groups in total. The molecule has 0 radical (unpaired) electrons. The van der Waals surface area contributed by atoms with Crippen LogP contribution in [0, 0.1) is 25.2 Å². The van der Waals surface area contributed by atoms with Gasteiger partial charge in [-0.2, -0.15) is 5.26 Å². The van der Waals surface area contributed by atoms with E-state index in [0.717, 1.165) is 18.8 Å². The molecule has 2 rings (SSSR count). The molecule has 108 valence electrons. The summed E-state index contributed by atoms with van der Waals surface area (Å²) in [5, 5.41) is 9.02. The van der Waals surface area contributed by atoms with E-state index in [1.54, 1.807) is 0 Å². The summed E-state index contributed by atoms with van der Waals surface area (Å²) in [6.45, 7) is 6.97. The van der Waals surface area contributed by atoms with Crippen molar-refractivity contribution in [3.05, 3.63) is 29.3 Å². The quantitative estimate of drug-likeness (QED) is 0.823. The van der Waals surface area contributed by atoms with E-state index in [2.05, 4.69) is 43.0 Å². The Balaban J connectivity index is 1.95. The molecule has 0 amide bonds. The van der Waals surface area contributed by atoms with Crippen LogP contribution in [0.5, 0.6) is 5.75 Å². The molecule has 1 aliphatic heterocycles. The topological polar surface area (TPSA) is 36.3 Å². The van der Waals surface area contributed by atoms with Crippen LogP contribution in [0.25, 0.3) is 0 Å². The van der Waals surface area contributed by atoms with Crippen LogP contribution < -0.4 is 4.74 Å². The van der Waals surface area contributed by atoms with Crippen LogP contribution in [0.15, 0.2) is 18.2 Å². The summed E-state index contributed by atoms with van der Waals surface area (Å²) in [4.78, 5) is 2.41. The summed E-state index contributed by atoms with van der Waals surface area (Å²) >= 11 is 0. The van der Waals surface area contributed by atoms with Gasteiger partial charge in [0.15, 0.2) is 0 Å². The van der Waals surface area contributed by atoms with Crippen LogP contribution in [-0.4, -0.2) is 30.6 Å². The van der Waals surface area contributed by atoms with Crippen molar-refractivity contribution in [2.24, 2.45) is 0 Å². The van der Waals surface area contributed by atoms with Crippen molar-refractivity contribution in [3.63, 3.8) is 0 Å². The molecule has 1 fully saturated rings. The van der Waals surface area contributed by atoms with Gasteiger partial charge in [0.25, 0.3) is 0 Å². The minimum Gasteiger partial charge on any atom is -0.492 e. The van der Waals surface area contributed by atoms with Gasteiger partial charge in [0.2, 0.25) is 0 Å². The molecule has 1 saturated heterocycles. The van der Waals surface area contributed by atoms with Crippen LogP contribution in [-0.2, 0) is 0 Å². The number of hydrogen-bond acceptors (Lipinski definition) is 3. The largest absolute Gasteiger partial charge is 0.492 e. The minimum absolute atomic E-state index is 0.223. The van der Waals surface area contributed by atoms with E-state index < -0.39 is 0 Å². The van der Waals surface area contributed by atoms with Gasteiger partial charge in [-0.1, -0.05) is 12.5 Å². The number of piperidine rings is 1. The fourth-order valence-electron chi connectivity index (χ4n) is 2.89. The molecule has 1 atom stereocenters. The molecule has 1 aromatic rings. The Morgan fingerprint density at radius 3 is 2.40 bits per heavy atom. The third kappa shape index (κ3) is 4.25. The van der Waals surface area contributed by atoms with Gasteiger partial charge in [-0.3, -0.25) is 4.90 Å². The number of likely N-dealkylation sites (tertiary alicyclic amines) is 1. The molecular formula is C17H24N2O. The molecule has 3 heteroatoms. The molecule has 1 heterocycles. The summed E-state index contributed by atoms with van der Waals surface area (Å²) in [5.74, 6) is 0.919. The lowest BCUT2D eigenvalue weighted by Gasteiger charge is -2.33. The van der Waals surface area contributed by atoms with Crippen molar-refractivity contribution in [2.45, 2.75) is 45.6 Å². The summed E-state index contributed by atoms with van der Waals surface area (Å²) < 4.78 is 5.94. The molecule has 0 saturated carbocycles. The Labute approximate surface area is 122 Å². The SMILES string of the molecule is Cc1cc(C)cc(OCC(CC#N)N2CCCCC2)c1. The summed E-state index contributed by atoms with van der Waals surface area (Å²) in [7, 11) is 0. The second-order valence-electron chi connectivity index (χ2n) is 5.75. The van der Waals surface area contributed by atoms with Crippen molar-refractivity contribution in [3.8, 4) is 11.8 Å². The van der Waals surface area contributed by atoms with Crippen LogP contribution in [0.2, 0.25) is 0 Å². The van der Waals surface area contributed by atoms with Crippen LogP contribution in [0.3, 0.4) is 0 Å². The van der Waals surface area contributed by atoms with Gasteiger partial charge in [-0.25, -0.2) is 0 Å². The van der Waals surface area contributed by atoms with Crippen LogP contribution in [0.4, 0.5) is 0 Å². The molecule has 0 aliphatic carbocycles. The molecule has 1 aromatic carbocycles. The van der Waals surface area contributed by atoms with Crippen molar-refractivity contribution in [1.29, 1.82) is 5.26 Å². The van der Waals surface area contributed by atoms with E-state index in [4.69, 9.17) is 10.00 Å². The number of benzene rings is 1. The number of nitrogens with zero attached hydrogens (tertiary/aromatic N) is 2. The Morgan fingerprint density at radius 2 is 1.80 bits per heavy atom. The molecule has 1 unspecified atom stereocenters. The van der Waals surface area contributed by atoms with Crippen molar-refractivity contribution >= 4 is 0 Å². The van der Waals surface area contributed by atoms with Gasteiger partial charge in [0.1, 0.15) is 12.4 Å². The van der Waals surface area contributed by atoms with Crippen molar-refractivity contribution < 1.29 is 4.74 Å². The van der Waals surface area contributed by atoms with E-state index in [1.807, 2.05) is 0 Å². The molecule has 0 spiro atoms. The number of rotatable bonds is 5. The third-order valence-electron chi connectivity index (χ3n) is 3.87. The maximum absolute atomic E-state index is 9.02. The maximum atomic E-state index is 9.02. The van der Waals surface area contributed by atoms with Crippen molar-refractivity contribution in [2.75, 3.05) is 19.7 Å². The van der Waals surface area contributed by atoms with Crippen LogP contribution >= 0.6 is 0 Å². The van der Waals surface area contributed by atoms with Crippen LogP contribution in [0.1, 0.15) is 36.8 Å². The van der Waals surface area contributed by atoms with Gasteiger partial charge in [-0.15, -0.1) is 0 Å². The zero-order chi connectivity index (χ0) is 14.4. The van der Waals surface area contributed by atoms with E-state index in [-0.39, 0.29) is 6.04 Å². The fourth-order valence-corrected chi connectivity index (χ4v) is 2.89. The number of aryl methyl sites for hydroxylation is 2. The lowest BCUT2D eigenvalue weighted by atomic mass is 10.1. The number of nitriles is 1. The Hall–Kier alpha value is -1.53. The highest BCUT2D eigenvalue weighted by Crippen LogP contribution is 2.19. The van der Waals surface area contributed by atoms with E-state index >= 15 is 0 Å². The summed E-state index contributed by atoms with van der Waals surface area (Å²) in [6, 6.07) is 8.79. The lowest BCUT2D eigenvalue weighted by Crippen LogP contribution is -2.42. The normalized spacial score (nSPS) is 17.4. The van der Waals surface area contributed by atoms with Gasteiger partial charge in [0.05, 0.1) is 18.5 Å². The first kappa shape index (κ1) is 14.9.